The highest BCUT2D eigenvalue weighted by Gasteiger charge is 2.24. The van der Waals surface area contributed by atoms with E-state index in [4.69, 9.17) is 4.74 Å². The first-order valence-electron chi connectivity index (χ1n) is 8.26. The number of carbonyl (C=O) groups is 1. The van der Waals surface area contributed by atoms with E-state index in [2.05, 4.69) is 46.4 Å². The van der Waals surface area contributed by atoms with Gasteiger partial charge in [-0.2, -0.15) is 0 Å². The molecule has 0 spiro atoms. The van der Waals surface area contributed by atoms with Crippen LogP contribution in [-0.2, 0) is 11.3 Å². The van der Waals surface area contributed by atoms with Gasteiger partial charge in [-0.25, -0.2) is 4.79 Å². The summed E-state index contributed by atoms with van der Waals surface area (Å²) in [5.74, 6) is 0. The third-order valence-corrected chi connectivity index (χ3v) is 3.78. The Bertz CT molecular complexity index is 499. The maximum atomic E-state index is 12.0. The SMILES string of the molecule is CN1CCN(Cc2ccccc2)CC(NC(=O)OC(C)(C)C)C1. The van der Waals surface area contributed by atoms with Crippen molar-refractivity contribution in [1.82, 2.24) is 15.1 Å². The van der Waals surface area contributed by atoms with E-state index in [1.54, 1.807) is 0 Å². The number of alkyl carbamates (subject to hydrolysis) is 1. The fraction of sp³-hybridized carbons (Fsp3) is 0.611. The molecule has 1 atom stereocenters. The molecule has 2 rings (SSSR count). The lowest BCUT2D eigenvalue weighted by Crippen LogP contribution is -2.47. The fourth-order valence-corrected chi connectivity index (χ4v) is 2.79. The van der Waals surface area contributed by atoms with Crippen molar-refractivity contribution in [1.29, 1.82) is 0 Å². The van der Waals surface area contributed by atoms with Gasteiger partial charge in [0.15, 0.2) is 0 Å². The molecule has 5 nitrogen and oxygen atoms in total. The Hall–Kier alpha value is -1.59. The second-order valence-electron chi connectivity index (χ2n) is 7.33. The first kappa shape index (κ1) is 17.8. The summed E-state index contributed by atoms with van der Waals surface area (Å²) in [6, 6.07) is 10.5. The van der Waals surface area contributed by atoms with Gasteiger partial charge in [0.25, 0.3) is 0 Å². The number of carbonyl (C=O) groups excluding carboxylic acids is 1. The maximum absolute atomic E-state index is 12.0. The molecule has 1 aromatic carbocycles. The van der Waals surface area contributed by atoms with Gasteiger partial charge in [-0.1, -0.05) is 30.3 Å². The molecule has 1 saturated heterocycles. The van der Waals surface area contributed by atoms with Crippen LogP contribution < -0.4 is 5.32 Å². The van der Waals surface area contributed by atoms with E-state index >= 15 is 0 Å². The van der Waals surface area contributed by atoms with Gasteiger partial charge < -0.3 is 15.0 Å². The molecule has 5 heteroatoms. The molecule has 0 aromatic heterocycles. The van der Waals surface area contributed by atoms with Crippen LogP contribution in [0.25, 0.3) is 0 Å². The number of amides is 1. The topological polar surface area (TPSA) is 44.8 Å². The average molecular weight is 319 g/mol. The quantitative estimate of drug-likeness (QED) is 0.929. The van der Waals surface area contributed by atoms with Crippen molar-refractivity contribution in [2.75, 3.05) is 33.2 Å². The molecule has 1 aromatic rings. The summed E-state index contributed by atoms with van der Waals surface area (Å²) in [5.41, 5.74) is 0.831. The fourth-order valence-electron chi connectivity index (χ4n) is 2.79. The normalized spacial score (nSPS) is 20.8. The average Bonchev–Trinajstić information content (AvgIpc) is 2.59. The summed E-state index contributed by atoms with van der Waals surface area (Å²) in [4.78, 5) is 16.7. The van der Waals surface area contributed by atoms with Crippen LogP contribution in [0.4, 0.5) is 4.79 Å². The lowest BCUT2D eigenvalue weighted by atomic mass is 10.2. The van der Waals surface area contributed by atoms with E-state index in [-0.39, 0.29) is 12.1 Å². The molecule has 0 saturated carbocycles. The molecule has 1 unspecified atom stereocenters. The Labute approximate surface area is 139 Å². The van der Waals surface area contributed by atoms with Crippen LogP contribution in [0.3, 0.4) is 0 Å². The molecule has 1 aliphatic rings. The summed E-state index contributed by atoms with van der Waals surface area (Å²) >= 11 is 0. The summed E-state index contributed by atoms with van der Waals surface area (Å²) in [6.45, 7) is 10.2. The van der Waals surface area contributed by atoms with Crippen molar-refractivity contribution in [3.8, 4) is 0 Å². The van der Waals surface area contributed by atoms with Crippen LogP contribution >= 0.6 is 0 Å². The highest BCUT2D eigenvalue weighted by Crippen LogP contribution is 2.10. The summed E-state index contributed by atoms with van der Waals surface area (Å²) in [7, 11) is 2.09. The predicted molar refractivity (Wildman–Crippen MR) is 92.4 cm³/mol. The molecule has 1 heterocycles. The van der Waals surface area contributed by atoms with Gasteiger partial charge in [-0.15, -0.1) is 0 Å². The molecule has 0 bridgehead atoms. The Kier molecular flexibility index (Phi) is 6.02. The Morgan fingerprint density at radius 1 is 1.22 bits per heavy atom. The van der Waals surface area contributed by atoms with Crippen molar-refractivity contribution in [3.05, 3.63) is 35.9 Å². The minimum Gasteiger partial charge on any atom is -0.444 e. The van der Waals surface area contributed by atoms with E-state index in [1.165, 1.54) is 5.56 Å². The van der Waals surface area contributed by atoms with E-state index in [0.29, 0.717) is 0 Å². The number of benzene rings is 1. The number of rotatable bonds is 3. The zero-order valence-electron chi connectivity index (χ0n) is 14.7. The van der Waals surface area contributed by atoms with Gasteiger partial charge in [0.05, 0.1) is 6.04 Å². The number of nitrogens with one attached hydrogen (secondary N) is 1. The standard InChI is InChI=1S/C18H29N3O2/c1-18(2,3)23-17(22)19-16-13-20(4)10-11-21(14-16)12-15-8-6-5-7-9-15/h5-9,16H,10-14H2,1-4H3,(H,19,22). The van der Waals surface area contributed by atoms with Crippen LogP contribution in [0, 0.1) is 0 Å². The maximum Gasteiger partial charge on any atom is 0.407 e. The van der Waals surface area contributed by atoms with E-state index < -0.39 is 5.60 Å². The lowest BCUT2D eigenvalue weighted by molar-refractivity contribution is 0.0490. The summed E-state index contributed by atoms with van der Waals surface area (Å²) in [5, 5.41) is 3.02. The zero-order chi connectivity index (χ0) is 16.9. The molecule has 0 radical (unpaired) electrons. The number of hydrogen-bond donors (Lipinski definition) is 1. The highest BCUT2D eigenvalue weighted by atomic mass is 16.6. The van der Waals surface area contributed by atoms with Gasteiger partial charge in [0.2, 0.25) is 0 Å². The Morgan fingerprint density at radius 3 is 2.57 bits per heavy atom. The number of hydrogen-bond acceptors (Lipinski definition) is 4. The number of likely N-dealkylation sites (N-methyl/N-ethyl adjacent to an activating group) is 1. The number of ether oxygens (including phenoxy) is 1. The Balaban J connectivity index is 1.94. The summed E-state index contributed by atoms with van der Waals surface area (Å²) < 4.78 is 5.38. The van der Waals surface area contributed by atoms with E-state index in [0.717, 1.165) is 32.7 Å². The van der Waals surface area contributed by atoms with Crippen molar-refractivity contribution in [2.45, 2.75) is 39.0 Å². The van der Waals surface area contributed by atoms with Gasteiger partial charge in [0, 0.05) is 32.7 Å². The molecule has 1 fully saturated rings. The minimum absolute atomic E-state index is 0.0704. The lowest BCUT2D eigenvalue weighted by Gasteiger charge is -2.26. The zero-order valence-corrected chi connectivity index (χ0v) is 14.7. The van der Waals surface area contributed by atoms with E-state index in [9.17, 15) is 4.79 Å². The van der Waals surface area contributed by atoms with Gasteiger partial charge >= 0.3 is 6.09 Å². The largest absolute Gasteiger partial charge is 0.444 e. The van der Waals surface area contributed by atoms with Crippen LogP contribution in [0.15, 0.2) is 30.3 Å². The minimum atomic E-state index is -0.468. The van der Waals surface area contributed by atoms with Crippen LogP contribution in [0.1, 0.15) is 26.3 Å². The number of nitrogens with zero attached hydrogens (tertiary/aromatic N) is 2. The van der Waals surface area contributed by atoms with Crippen molar-refractivity contribution < 1.29 is 9.53 Å². The van der Waals surface area contributed by atoms with Crippen LogP contribution in [0.5, 0.6) is 0 Å². The molecule has 0 aliphatic carbocycles. The van der Waals surface area contributed by atoms with E-state index in [1.807, 2.05) is 26.8 Å². The highest BCUT2D eigenvalue weighted by molar-refractivity contribution is 5.68. The van der Waals surface area contributed by atoms with Crippen molar-refractivity contribution in [3.63, 3.8) is 0 Å². The van der Waals surface area contributed by atoms with Gasteiger partial charge in [-0.05, 0) is 33.4 Å². The molecular weight excluding hydrogens is 290 g/mol. The molecule has 23 heavy (non-hydrogen) atoms. The van der Waals surface area contributed by atoms with Crippen LogP contribution in [0.2, 0.25) is 0 Å². The molecule has 1 N–H and O–H groups in total. The van der Waals surface area contributed by atoms with Crippen LogP contribution in [-0.4, -0.2) is 60.8 Å². The first-order valence-corrected chi connectivity index (χ1v) is 8.26. The smallest absolute Gasteiger partial charge is 0.407 e. The molecule has 1 amide bonds. The molecule has 128 valence electrons. The van der Waals surface area contributed by atoms with Gasteiger partial charge in [0.1, 0.15) is 5.60 Å². The van der Waals surface area contributed by atoms with Crippen molar-refractivity contribution >= 4 is 6.09 Å². The van der Waals surface area contributed by atoms with Gasteiger partial charge in [-0.3, -0.25) is 4.90 Å². The summed E-state index contributed by atoms with van der Waals surface area (Å²) in [6.07, 6.45) is -0.336. The second-order valence-corrected chi connectivity index (χ2v) is 7.33. The molecular formula is C18H29N3O2. The molecule has 1 aliphatic heterocycles. The van der Waals surface area contributed by atoms with Crippen molar-refractivity contribution in [2.24, 2.45) is 0 Å². The monoisotopic (exact) mass is 319 g/mol. The third-order valence-electron chi connectivity index (χ3n) is 3.78. The Morgan fingerprint density at radius 2 is 1.91 bits per heavy atom. The predicted octanol–water partition coefficient (Wildman–Crippen LogP) is 2.33. The second kappa shape index (κ2) is 7.79. The first-order chi connectivity index (χ1) is 10.8. The third kappa shape index (κ3) is 6.59.